The molecule has 8 unspecified atom stereocenters. The molecule has 3 saturated carbocycles. The lowest BCUT2D eigenvalue weighted by atomic mass is 9.63. The predicted octanol–water partition coefficient (Wildman–Crippen LogP) is 4.65. The third-order valence-corrected chi connectivity index (χ3v) is 7.27. The summed E-state index contributed by atoms with van der Waals surface area (Å²) in [6.07, 6.45) is 11.6. The van der Waals surface area contributed by atoms with Gasteiger partial charge in [0.05, 0.1) is 6.61 Å². The summed E-state index contributed by atoms with van der Waals surface area (Å²) >= 11 is 0. The summed E-state index contributed by atoms with van der Waals surface area (Å²) in [5.74, 6) is 5.67. The average Bonchev–Trinajstić information content (AvgIpc) is 3.23. The second-order valence-corrected chi connectivity index (χ2v) is 8.67. The average molecular weight is 304 g/mol. The van der Waals surface area contributed by atoms with Gasteiger partial charge in [-0.05, 0) is 73.5 Å². The molecule has 0 N–H and O–H groups in total. The Hall–Kier alpha value is -0.340. The molecule has 0 aromatic carbocycles. The Balaban J connectivity index is 1.34. The van der Waals surface area contributed by atoms with Crippen molar-refractivity contribution in [3.63, 3.8) is 0 Å². The van der Waals surface area contributed by atoms with Crippen molar-refractivity contribution in [1.82, 2.24) is 0 Å². The van der Waals surface area contributed by atoms with Crippen LogP contribution >= 0.6 is 0 Å². The van der Waals surface area contributed by atoms with E-state index in [1.54, 1.807) is 0 Å². The molecule has 0 heterocycles. The van der Waals surface area contributed by atoms with Crippen molar-refractivity contribution in [2.45, 2.75) is 59.2 Å². The monoisotopic (exact) mass is 304 g/mol. The Morgan fingerprint density at radius 3 is 2.68 bits per heavy atom. The topological polar surface area (TPSA) is 18.5 Å². The van der Waals surface area contributed by atoms with Gasteiger partial charge in [-0.15, -0.1) is 0 Å². The van der Waals surface area contributed by atoms with Crippen molar-refractivity contribution < 1.29 is 9.47 Å². The first kappa shape index (κ1) is 15.2. The zero-order valence-electron chi connectivity index (χ0n) is 14.5. The highest BCUT2D eigenvalue weighted by Crippen LogP contribution is 2.70. The van der Waals surface area contributed by atoms with Gasteiger partial charge in [0.1, 0.15) is 0 Å². The molecule has 0 radical (unpaired) electrons. The summed E-state index contributed by atoms with van der Waals surface area (Å²) in [6, 6.07) is 0. The third-order valence-electron chi connectivity index (χ3n) is 7.27. The van der Waals surface area contributed by atoms with E-state index in [0.29, 0.717) is 5.41 Å². The maximum atomic E-state index is 6.12. The minimum absolute atomic E-state index is 0.0433. The van der Waals surface area contributed by atoms with Gasteiger partial charge in [0.15, 0.2) is 6.29 Å². The lowest BCUT2D eigenvalue weighted by Gasteiger charge is -2.43. The van der Waals surface area contributed by atoms with E-state index in [4.69, 9.17) is 9.47 Å². The Bertz CT molecular complexity index is 445. The summed E-state index contributed by atoms with van der Waals surface area (Å²) < 4.78 is 11.9. The molecule has 3 fully saturated rings. The number of hydrogen-bond acceptors (Lipinski definition) is 2. The predicted molar refractivity (Wildman–Crippen MR) is 88.3 cm³/mol. The molecule has 22 heavy (non-hydrogen) atoms. The minimum atomic E-state index is -0.0433. The number of hydrogen-bond donors (Lipinski definition) is 0. The lowest BCUT2D eigenvalue weighted by molar-refractivity contribution is -0.159. The molecular weight excluding hydrogens is 272 g/mol. The third kappa shape index (κ3) is 2.29. The fourth-order valence-electron chi connectivity index (χ4n) is 6.40. The van der Waals surface area contributed by atoms with E-state index in [-0.39, 0.29) is 6.29 Å². The maximum Gasteiger partial charge on any atom is 0.154 e. The van der Waals surface area contributed by atoms with Gasteiger partial charge in [-0.2, -0.15) is 0 Å². The molecule has 0 aromatic rings. The van der Waals surface area contributed by atoms with Crippen molar-refractivity contribution in [1.29, 1.82) is 0 Å². The Morgan fingerprint density at radius 1 is 1.14 bits per heavy atom. The van der Waals surface area contributed by atoms with Gasteiger partial charge in [-0.3, -0.25) is 0 Å². The summed E-state index contributed by atoms with van der Waals surface area (Å²) in [5, 5.41) is 0. The summed E-state index contributed by atoms with van der Waals surface area (Å²) in [6.45, 7) is 8.48. The Labute approximate surface area is 135 Å². The van der Waals surface area contributed by atoms with Gasteiger partial charge >= 0.3 is 0 Å². The van der Waals surface area contributed by atoms with E-state index in [2.05, 4.69) is 32.9 Å². The fraction of sp³-hybridized carbons (Fsp3) is 0.900. The molecule has 4 aliphatic rings. The van der Waals surface area contributed by atoms with E-state index in [9.17, 15) is 0 Å². The first-order chi connectivity index (χ1) is 10.6. The van der Waals surface area contributed by atoms with Gasteiger partial charge in [0.25, 0.3) is 0 Å². The van der Waals surface area contributed by atoms with Crippen LogP contribution in [-0.4, -0.2) is 19.5 Å². The standard InChI is InChI=1S/C20H32O2/c1-4-5-8-21-13(2)22-12-20(3)11-16-10-17(20)19-15-7-6-14(9-15)18(16)19/h6-7,13-19H,4-5,8-12H2,1-3H3. The fourth-order valence-corrected chi connectivity index (χ4v) is 6.40. The zero-order valence-corrected chi connectivity index (χ0v) is 14.5. The molecule has 124 valence electrons. The van der Waals surface area contributed by atoms with Crippen LogP contribution in [0.2, 0.25) is 0 Å². The normalized spacial score (nSPS) is 49.0. The van der Waals surface area contributed by atoms with E-state index >= 15 is 0 Å². The van der Waals surface area contributed by atoms with Crippen LogP contribution in [0.1, 0.15) is 52.9 Å². The van der Waals surface area contributed by atoms with Crippen molar-refractivity contribution in [3.8, 4) is 0 Å². The second kappa shape index (κ2) is 5.63. The quantitative estimate of drug-likeness (QED) is 0.295. The van der Waals surface area contributed by atoms with Crippen LogP contribution in [-0.2, 0) is 9.47 Å². The van der Waals surface area contributed by atoms with Crippen LogP contribution in [0.5, 0.6) is 0 Å². The molecule has 0 aromatic heterocycles. The van der Waals surface area contributed by atoms with E-state index in [1.165, 1.54) is 25.7 Å². The van der Waals surface area contributed by atoms with Crippen molar-refractivity contribution in [2.75, 3.05) is 13.2 Å². The second-order valence-electron chi connectivity index (χ2n) is 8.67. The van der Waals surface area contributed by atoms with Crippen LogP contribution < -0.4 is 0 Å². The largest absolute Gasteiger partial charge is 0.353 e. The number of fused-ring (bicyclic) bond motifs is 9. The lowest BCUT2D eigenvalue weighted by Crippen LogP contribution is -2.40. The number of rotatable bonds is 7. The molecule has 0 spiro atoms. The molecule has 0 aliphatic heterocycles. The minimum Gasteiger partial charge on any atom is -0.353 e. The molecule has 4 bridgehead atoms. The maximum absolute atomic E-state index is 6.12. The Kier molecular flexibility index (Phi) is 3.89. The van der Waals surface area contributed by atoms with Crippen LogP contribution in [0.3, 0.4) is 0 Å². The van der Waals surface area contributed by atoms with Gasteiger partial charge in [-0.1, -0.05) is 32.4 Å². The molecule has 4 aliphatic carbocycles. The molecule has 0 amide bonds. The highest BCUT2D eigenvalue weighted by Gasteiger charge is 2.64. The first-order valence-corrected chi connectivity index (χ1v) is 9.54. The van der Waals surface area contributed by atoms with E-state index in [0.717, 1.165) is 55.1 Å². The van der Waals surface area contributed by atoms with Gasteiger partial charge < -0.3 is 9.47 Å². The van der Waals surface area contributed by atoms with Crippen LogP contribution in [0.25, 0.3) is 0 Å². The number of unbranched alkanes of at least 4 members (excludes halogenated alkanes) is 1. The number of allylic oxidation sites excluding steroid dienone is 2. The molecule has 0 saturated heterocycles. The van der Waals surface area contributed by atoms with E-state index in [1.807, 2.05) is 0 Å². The Morgan fingerprint density at radius 2 is 1.91 bits per heavy atom. The van der Waals surface area contributed by atoms with Crippen LogP contribution in [0, 0.1) is 40.9 Å². The SMILES string of the molecule is CCCCOC(C)OCC1(C)CC2CC1C1C3C=CC(C3)C21. The summed E-state index contributed by atoms with van der Waals surface area (Å²) in [7, 11) is 0. The highest BCUT2D eigenvalue weighted by atomic mass is 16.7. The van der Waals surface area contributed by atoms with Gasteiger partial charge in [0.2, 0.25) is 0 Å². The van der Waals surface area contributed by atoms with Gasteiger partial charge in [-0.25, -0.2) is 0 Å². The van der Waals surface area contributed by atoms with Gasteiger partial charge in [0, 0.05) is 6.61 Å². The molecule has 4 rings (SSSR count). The van der Waals surface area contributed by atoms with E-state index < -0.39 is 0 Å². The smallest absolute Gasteiger partial charge is 0.154 e. The zero-order chi connectivity index (χ0) is 15.3. The highest BCUT2D eigenvalue weighted by molar-refractivity contribution is 5.22. The molecule has 2 heteroatoms. The molecule has 2 nitrogen and oxygen atoms in total. The van der Waals surface area contributed by atoms with Crippen molar-refractivity contribution in [3.05, 3.63) is 12.2 Å². The molecule has 8 atom stereocenters. The first-order valence-electron chi connectivity index (χ1n) is 9.54. The van der Waals surface area contributed by atoms with Crippen LogP contribution in [0.4, 0.5) is 0 Å². The number of ether oxygens (including phenoxy) is 2. The summed E-state index contributed by atoms with van der Waals surface area (Å²) in [4.78, 5) is 0. The van der Waals surface area contributed by atoms with Crippen molar-refractivity contribution in [2.24, 2.45) is 40.9 Å². The van der Waals surface area contributed by atoms with Crippen LogP contribution in [0.15, 0.2) is 12.2 Å². The summed E-state index contributed by atoms with van der Waals surface area (Å²) in [5.41, 5.74) is 0.395. The van der Waals surface area contributed by atoms with Crippen molar-refractivity contribution >= 4 is 0 Å². The molecular formula is C20H32O2.